The van der Waals surface area contributed by atoms with Gasteiger partial charge in [-0.25, -0.2) is 9.59 Å². The third-order valence-corrected chi connectivity index (χ3v) is 2.79. The van der Waals surface area contributed by atoms with Gasteiger partial charge in [-0.3, -0.25) is 9.78 Å². The Bertz CT molecular complexity index is 506. The summed E-state index contributed by atoms with van der Waals surface area (Å²) in [4.78, 5) is 39.2. The molecule has 8 nitrogen and oxygen atoms in total. The van der Waals surface area contributed by atoms with E-state index in [-0.39, 0.29) is 0 Å². The molecule has 0 bridgehead atoms. The van der Waals surface area contributed by atoms with E-state index in [0.29, 0.717) is 13.1 Å². The van der Waals surface area contributed by atoms with E-state index < -0.39 is 30.4 Å². The van der Waals surface area contributed by atoms with Crippen LogP contribution in [0.4, 0.5) is 4.79 Å². The SMILES string of the molecule is CCN(Cc1ccncc1)C(=O)N[C@@H](CC(N)=O)C(=O)O. The number of carbonyl (C=O) groups excluding carboxylic acids is 2. The molecule has 0 fully saturated rings. The lowest BCUT2D eigenvalue weighted by molar-refractivity contribution is -0.140. The summed E-state index contributed by atoms with van der Waals surface area (Å²) in [5.41, 5.74) is 5.83. The molecule has 0 unspecified atom stereocenters. The Kier molecular flexibility index (Phi) is 6.12. The predicted molar refractivity (Wildman–Crippen MR) is 74.1 cm³/mol. The maximum absolute atomic E-state index is 12.1. The summed E-state index contributed by atoms with van der Waals surface area (Å²) in [6, 6.07) is 1.62. The molecular weight excluding hydrogens is 276 g/mol. The molecule has 1 heterocycles. The summed E-state index contributed by atoms with van der Waals surface area (Å²) in [7, 11) is 0. The number of nitrogens with zero attached hydrogens (tertiary/aromatic N) is 2. The number of nitrogens with one attached hydrogen (secondary N) is 1. The maximum atomic E-state index is 12.1. The number of aromatic nitrogens is 1. The van der Waals surface area contributed by atoms with Gasteiger partial charge in [0.05, 0.1) is 6.42 Å². The van der Waals surface area contributed by atoms with Crippen LogP contribution in [0.1, 0.15) is 18.9 Å². The Hall–Kier alpha value is -2.64. The second-order valence-electron chi connectivity index (χ2n) is 4.38. The molecular formula is C13H18N4O4. The van der Waals surface area contributed by atoms with Gasteiger partial charge in [0.1, 0.15) is 6.04 Å². The number of hydrogen-bond donors (Lipinski definition) is 3. The molecule has 0 aromatic carbocycles. The molecule has 1 atom stereocenters. The van der Waals surface area contributed by atoms with Crippen molar-refractivity contribution in [2.24, 2.45) is 5.73 Å². The zero-order chi connectivity index (χ0) is 15.8. The zero-order valence-electron chi connectivity index (χ0n) is 11.7. The van der Waals surface area contributed by atoms with Gasteiger partial charge >= 0.3 is 12.0 Å². The second-order valence-corrected chi connectivity index (χ2v) is 4.38. The van der Waals surface area contributed by atoms with Crippen LogP contribution in [0.5, 0.6) is 0 Å². The van der Waals surface area contributed by atoms with Crippen molar-refractivity contribution in [3.8, 4) is 0 Å². The Morgan fingerprint density at radius 2 is 2.00 bits per heavy atom. The Morgan fingerprint density at radius 1 is 1.38 bits per heavy atom. The summed E-state index contributed by atoms with van der Waals surface area (Å²) in [5.74, 6) is -2.10. The van der Waals surface area contributed by atoms with Gasteiger partial charge in [-0.05, 0) is 24.6 Å². The van der Waals surface area contributed by atoms with Gasteiger partial charge < -0.3 is 21.1 Å². The zero-order valence-corrected chi connectivity index (χ0v) is 11.7. The Balaban J connectivity index is 2.69. The van der Waals surface area contributed by atoms with Gasteiger partial charge in [0, 0.05) is 25.5 Å². The van der Waals surface area contributed by atoms with Crippen molar-refractivity contribution in [2.45, 2.75) is 25.9 Å². The van der Waals surface area contributed by atoms with E-state index in [4.69, 9.17) is 10.8 Å². The van der Waals surface area contributed by atoms with Crippen LogP contribution in [0.3, 0.4) is 0 Å². The van der Waals surface area contributed by atoms with Crippen molar-refractivity contribution in [3.63, 3.8) is 0 Å². The highest BCUT2D eigenvalue weighted by atomic mass is 16.4. The molecule has 3 amide bonds. The number of urea groups is 1. The molecule has 1 rings (SSSR count). The third kappa shape index (κ3) is 5.47. The summed E-state index contributed by atoms with van der Waals surface area (Å²) in [5, 5.41) is 11.3. The highest BCUT2D eigenvalue weighted by Crippen LogP contribution is 2.04. The average Bonchev–Trinajstić information content (AvgIpc) is 2.44. The minimum atomic E-state index is -1.33. The monoisotopic (exact) mass is 294 g/mol. The lowest BCUT2D eigenvalue weighted by Crippen LogP contribution is -2.49. The highest BCUT2D eigenvalue weighted by Gasteiger charge is 2.24. The van der Waals surface area contributed by atoms with Crippen LogP contribution < -0.4 is 11.1 Å². The first-order valence-electron chi connectivity index (χ1n) is 6.39. The van der Waals surface area contributed by atoms with Crippen LogP contribution in [-0.2, 0) is 16.1 Å². The van der Waals surface area contributed by atoms with Crippen molar-refractivity contribution in [3.05, 3.63) is 30.1 Å². The molecule has 0 saturated carbocycles. The lowest BCUT2D eigenvalue weighted by atomic mass is 10.2. The molecule has 0 aliphatic carbocycles. The van der Waals surface area contributed by atoms with E-state index >= 15 is 0 Å². The van der Waals surface area contributed by atoms with E-state index in [2.05, 4.69) is 10.3 Å². The molecule has 21 heavy (non-hydrogen) atoms. The fourth-order valence-electron chi connectivity index (χ4n) is 1.68. The van der Waals surface area contributed by atoms with Gasteiger partial charge in [0.2, 0.25) is 5.91 Å². The molecule has 0 radical (unpaired) electrons. The number of pyridine rings is 1. The van der Waals surface area contributed by atoms with E-state index in [9.17, 15) is 14.4 Å². The van der Waals surface area contributed by atoms with Crippen molar-refractivity contribution in [1.29, 1.82) is 0 Å². The van der Waals surface area contributed by atoms with Gasteiger partial charge in [0.15, 0.2) is 0 Å². The number of carboxylic acid groups (broad SMARTS) is 1. The third-order valence-electron chi connectivity index (χ3n) is 2.79. The van der Waals surface area contributed by atoms with E-state index in [1.54, 1.807) is 31.5 Å². The van der Waals surface area contributed by atoms with E-state index in [0.717, 1.165) is 5.56 Å². The van der Waals surface area contributed by atoms with Crippen LogP contribution in [0, 0.1) is 0 Å². The first-order chi connectivity index (χ1) is 9.93. The van der Waals surface area contributed by atoms with Crippen LogP contribution in [0.25, 0.3) is 0 Å². The molecule has 4 N–H and O–H groups in total. The van der Waals surface area contributed by atoms with Gasteiger partial charge in [-0.1, -0.05) is 0 Å². The number of carboxylic acids is 1. The maximum Gasteiger partial charge on any atom is 0.326 e. The lowest BCUT2D eigenvalue weighted by Gasteiger charge is -2.23. The van der Waals surface area contributed by atoms with Gasteiger partial charge in [-0.2, -0.15) is 0 Å². The van der Waals surface area contributed by atoms with Crippen molar-refractivity contribution >= 4 is 17.9 Å². The van der Waals surface area contributed by atoms with E-state index in [1.165, 1.54) is 4.90 Å². The molecule has 1 aromatic heterocycles. The topological polar surface area (TPSA) is 126 Å². The van der Waals surface area contributed by atoms with Crippen LogP contribution >= 0.6 is 0 Å². The molecule has 0 spiro atoms. The van der Waals surface area contributed by atoms with Gasteiger partial charge in [0.25, 0.3) is 0 Å². The Labute approximate surface area is 121 Å². The van der Waals surface area contributed by atoms with Crippen molar-refractivity contribution in [2.75, 3.05) is 6.54 Å². The largest absolute Gasteiger partial charge is 0.480 e. The first-order valence-corrected chi connectivity index (χ1v) is 6.39. The fourth-order valence-corrected chi connectivity index (χ4v) is 1.68. The predicted octanol–water partition coefficient (Wildman–Crippen LogP) is -0.0583. The molecule has 0 saturated heterocycles. The van der Waals surface area contributed by atoms with Crippen LogP contribution in [0.15, 0.2) is 24.5 Å². The molecule has 0 aliphatic rings. The van der Waals surface area contributed by atoms with Crippen LogP contribution in [-0.4, -0.2) is 45.5 Å². The smallest absolute Gasteiger partial charge is 0.326 e. The first kappa shape index (κ1) is 16.4. The minimum Gasteiger partial charge on any atom is -0.480 e. The number of aliphatic carboxylic acids is 1. The number of amides is 3. The number of rotatable bonds is 7. The summed E-state index contributed by atoms with van der Waals surface area (Å²) >= 11 is 0. The molecule has 1 aromatic rings. The van der Waals surface area contributed by atoms with Crippen LogP contribution in [0.2, 0.25) is 0 Å². The normalized spacial score (nSPS) is 11.5. The van der Waals surface area contributed by atoms with Gasteiger partial charge in [-0.15, -0.1) is 0 Å². The number of primary amides is 1. The van der Waals surface area contributed by atoms with Crippen molar-refractivity contribution in [1.82, 2.24) is 15.2 Å². The fraction of sp³-hybridized carbons (Fsp3) is 0.385. The number of carbonyl (C=O) groups is 3. The van der Waals surface area contributed by atoms with E-state index in [1.807, 2.05) is 0 Å². The second kappa shape index (κ2) is 7.83. The highest BCUT2D eigenvalue weighted by molar-refractivity contribution is 5.87. The quantitative estimate of drug-likeness (QED) is 0.649. The summed E-state index contributed by atoms with van der Waals surface area (Å²) in [6.45, 7) is 2.47. The number of hydrogen-bond acceptors (Lipinski definition) is 4. The summed E-state index contributed by atoms with van der Waals surface area (Å²) < 4.78 is 0. The average molecular weight is 294 g/mol. The summed E-state index contributed by atoms with van der Waals surface area (Å²) in [6.07, 6.45) is 2.76. The molecule has 8 heteroatoms. The minimum absolute atomic E-state index is 0.313. The molecule has 114 valence electrons. The van der Waals surface area contributed by atoms with Crippen molar-refractivity contribution < 1.29 is 19.5 Å². The number of nitrogens with two attached hydrogens (primary N) is 1. The Morgan fingerprint density at radius 3 is 2.48 bits per heavy atom. The standard InChI is InChI=1S/C13H18N4O4/c1-2-17(8-9-3-5-15-6-4-9)13(21)16-10(12(19)20)7-11(14)18/h3-6,10H,2,7-8H2,1H3,(H2,14,18)(H,16,21)(H,19,20)/t10-/m0/s1. The molecule has 0 aliphatic heterocycles.